The zero-order valence-electron chi connectivity index (χ0n) is 18.5. The molecule has 0 fully saturated rings. The van der Waals surface area contributed by atoms with Gasteiger partial charge in [-0.25, -0.2) is 0 Å². The minimum atomic E-state index is -0.145. The van der Waals surface area contributed by atoms with Gasteiger partial charge in [0.25, 0.3) is 0 Å². The van der Waals surface area contributed by atoms with Crippen molar-refractivity contribution in [2.24, 2.45) is 0 Å². The lowest BCUT2D eigenvalue weighted by Gasteiger charge is -2.14. The van der Waals surface area contributed by atoms with E-state index in [1.54, 1.807) is 13.2 Å². The minimum absolute atomic E-state index is 0.145. The Morgan fingerprint density at radius 3 is 2.67 bits per heavy atom. The molecular weight excluding hydrogens is 456 g/mol. The molecule has 0 unspecified atom stereocenters. The van der Waals surface area contributed by atoms with Crippen molar-refractivity contribution in [3.05, 3.63) is 82.9 Å². The second-order valence-corrected chi connectivity index (χ2v) is 8.89. The van der Waals surface area contributed by atoms with E-state index in [0.29, 0.717) is 27.4 Å². The first-order chi connectivity index (χ1) is 15.9. The van der Waals surface area contributed by atoms with Gasteiger partial charge in [0.2, 0.25) is 5.91 Å². The van der Waals surface area contributed by atoms with Crippen LogP contribution < -0.4 is 10.1 Å². The Balaban J connectivity index is 1.64. The highest BCUT2D eigenvalue weighted by Crippen LogP contribution is 2.31. The summed E-state index contributed by atoms with van der Waals surface area (Å²) in [6.07, 6.45) is 0. The van der Waals surface area contributed by atoms with Crippen LogP contribution in [0.15, 0.2) is 71.9 Å². The first-order valence-electron chi connectivity index (χ1n) is 10.3. The van der Waals surface area contributed by atoms with E-state index in [1.165, 1.54) is 11.8 Å². The van der Waals surface area contributed by atoms with Crippen LogP contribution in [0.1, 0.15) is 11.1 Å². The number of thioether (sulfide) groups is 1. The summed E-state index contributed by atoms with van der Waals surface area (Å²) in [4.78, 5) is 12.6. The summed E-state index contributed by atoms with van der Waals surface area (Å²) in [5, 5.41) is 13.0. The molecule has 0 atom stereocenters. The lowest BCUT2D eigenvalue weighted by molar-refractivity contribution is -0.113. The number of methoxy groups -OCH3 is 1. The number of rotatable bonds is 7. The van der Waals surface area contributed by atoms with Crippen molar-refractivity contribution in [1.82, 2.24) is 14.8 Å². The summed E-state index contributed by atoms with van der Waals surface area (Å²) >= 11 is 7.56. The van der Waals surface area contributed by atoms with Gasteiger partial charge < -0.3 is 10.1 Å². The topological polar surface area (TPSA) is 69.0 Å². The number of nitrogens with zero attached hydrogens (tertiary/aromatic N) is 3. The Kier molecular flexibility index (Phi) is 7.01. The normalized spacial score (nSPS) is 10.8. The van der Waals surface area contributed by atoms with Gasteiger partial charge in [-0.3, -0.25) is 9.36 Å². The largest absolute Gasteiger partial charge is 0.497 e. The van der Waals surface area contributed by atoms with Gasteiger partial charge >= 0.3 is 0 Å². The molecule has 1 heterocycles. The third kappa shape index (κ3) is 5.38. The highest BCUT2D eigenvalue weighted by atomic mass is 35.5. The Labute approximate surface area is 202 Å². The smallest absolute Gasteiger partial charge is 0.234 e. The number of benzene rings is 3. The van der Waals surface area contributed by atoms with Crippen LogP contribution in [0.25, 0.3) is 17.1 Å². The van der Waals surface area contributed by atoms with E-state index in [2.05, 4.69) is 33.7 Å². The molecule has 1 amide bonds. The zero-order valence-corrected chi connectivity index (χ0v) is 20.1. The summed E-state index contributed by atoms with van der Waals surface area (Å²) in [5.41, 5.74) is 4.68. The van der Waals surface area contributed by atoms with Crippen LogP contribution in [0.4, 0.5) is 5.69 Å². The first kappa shape index (κ1) is 22.9. The van der Waals surface area contributed by atoms with Gasteiger partial charge in [-0.05, 0) is 55.3 Å². The fourth-order valence-corrected chi connectivity index (χ4v) is 4.32. The molecule has 0 aliphatic carbocycles. The average molecular weight is 479 g/mol. The molecule has 0 bridgehead atoms. The molecule has 33 heavy (non-hydrogen) atoms. The number of hydrogen-bond donors (Lipinski definition) is 1. The van der Waals surface area contributed by atoms with Crippen LogP contribution in [0.5, 0.6) is 5.75 Å². The highest BCUT2D eigenvalue weighted by Gasteiger charge is 2.19. The number of aryl methyl sites for hydroxylation is 2. The fraction of sp³-hybridized carbons (Fsp3) is 0.160. The molecule has 4 rings (SSSR count). The third-order valence-electron chi connectivity index (χ3n) is 5.01. The number of ether oxygens (including phenoxy) is 1. The van der Waals surface area contributed by atoms with Crippen molar-refractivity contribution in [1.29, 1.82) is 0 Å². The van der Waals surface area contributed by atoms with Crippen LogP contribution in [-0.4, -0.2) is 33.5 Å². The van der Waals surface area contributed by atoms with Crippen molar-refractivity contribution in [2.45, 2.75) is 19.0 Å². The van der Waals surface area contributed by atoms with Crippen molar-refractivity contribution in [3.8, 4) is 22.8 Å². The number of carbonyl (C=O) groups excluding carboxylic acids is 1. The van der Waals surface area contributed by atoms with E-state index >= 15 is 0 Å². The van der Waals surface area contributed by atoms with Gasteiger partial charge in [-0.1, -0.05) is 53.7 Å². The molecular formula is C25H23ClN4O2S. The predicted molar refractivity (Wildman–Crippen MR) is 134 cm³/mol. The first-order valence-corrected chi connectivity index (χ1v) is 11.7. The number of halogens is 1. The van der Waals surface area contributed by atoms with Crippen LogP contribution in [0.2, 0.25) is 5.02 Å². The monoisotopic (exact) mass is 478 g/mol. The van der Waals surface area contributed by atoms with Crippen molar-refractivity contribution in [2.75, 3.05) is 18.2 Å². The van der Waals surface area contributed by atoms with E-state index in [9.17, 15) is 4.79 Å². The standard InChI is InChI=1S/C25H23ClN4O2S/c1-16-10-11-17(2)22(12-16)30-24(18-6-4-7-19(26)13-18)28-29-25(30)33-15-23(31)27-20-8-5-9-21(14-20)32-3/h4-14H,15H2,1-3H3,(H,27,31). The second kappa shape index (κ2) is 10.1. The number of nitrogens with one attached hydrogen (secondary N) is 1. The molecule has 0 radical (unpaired) electrons. The predicted octanol–water partition coefficient (Wildman–Crippen LogP) is 5.94. The molecule has 1 aromatic heterocycles. The number of carbonyl (C=O) groups is 1. The van der Waals surface area contributed by atoms with E-state index in [4.69, 9.17) is 16.3 Å². The van der Waals surface area contributed by atoms with E-state index in [1.807, 2.05) is 60.9 Å². The van der Waals surface area contributed by atoms with Crippen LogP contribution in [0, 0.1) is 13.8 Å². The van der Waals surface area contributed by atoms with Crippen molar-refractivity contribution < 1.29 is 9.53 Å². The molecule has 4 aromatic rings. The Morgan fingerprint density at radius 2 is 1.88 bits per heavy atom. The number of anilines is 1. The maximum Gasteiger partial charge on any atom is 0.234 e. The van der Waals surface area contributed by atoms with Gasteiger partial charge in [-0.2, -0.15) is 0 Å². The Hall–Kier alpha value is -3.29. The Morgan fingerprint density at radius 1 is 1.06 bits per heavy atom. The van der Waals surface area contributed by atoms with Crippen LogP contribution >= 0.6 is 23.4 Å². The third-order valence-corrected chi connectivity index (χ3v) is 6.17. The van der Waals surface area contributed by atoms with Gasteiger partial charge in [0, 0.05) is 22.3 Å². The van der Waals surface area contributed by atoms with Crippen LogP contribution in [0.3, 0.4) is 0 Å². The Bertz CT molecular complexity index is 1310. The van der Waals surface area contributed by atoms with E-state index in [0.717, 1.165) is 22.4 Å². The summed E-state index contributed by atoms with van der Waals surface area (Å²) in [6.45, 7) is 4.08. The number of aromatic nitrogens is 3. The summed E-state index contributed by atoms with van der Waals surface area (Å²) in [5.74, 6) is 1.38. The molecule has 3 aromatic carbocycles. The molecule has 168 valence electrons. The molecule has 8 heteroatoms. The fourth-order valence-electron chi connectivity index (χ4n) is 3.38. The molecule has 0 saturated carbocycles. The highest BCUT2D eigenvalue weighted by molar-refractivity contribution is 7.99. The summed E-state index contributed by atoms with van der Waals surface area (Å²) in [7, 11) is 1.59. The average Bonchev–Trinajstić information content (AvgIpc) is 3.23. The van der Waals surface area contributed by atoms with Gasteiger partial charge in [0.05, 0.1) is 18.6 Å². The summed E-state index contributed by atoms with van der Waals surface area (Å²) in [6, 6.07) is 21.0. The molecule has 1 N–H and O–H groups in total. The molecule has 6 nitrogen and oxygen atoms in total. The van der Waals surface area contributed by atoms with Crippen molar-refractivity contribution >= 4 is 35.0 Å². The van der Waals surface area contributed by atoms with Gasteiger partial charge in [0.1, 0.15) is 5.75 Å². The number of amides is 1. The van der Waals surface area contributed by atoms with Crippen molar-refractivity contribution in [3.63, 3.8) is 0 Å². The molecule has 0 aliphatic rings. The van der Waals surface area contributed by atoms with Crippen LogP contribution in [-0.2, 0) is 4.79 Å². The van der Waals surface area contributed by atoms with Gasteiger partial charge in [-0.15, -0.1) is 10.2 Å². The number of hydrogen-bond acceptors (Lipinski definition) is 5. The lowest BCUT2D eigenvalue weighted by Crippen LogP contribution is -2.14. The maximum atomic E-state index is 12.6. The summed E-state index contributed by atoms with van der Waals surface area (Å²) < 4.78 is 7.20. The molecule has 0 saturated heterocycles. The quantitative estimate of drug-likeness (QED) is 0.333. The zero-order chi connectivity index (χ0) is 23.4. The molecule has 0 spiro atoms. The second-order valence-electron chi connectivity index (χ2n) is 7.51. The lowest BCUT2D eigenvalue weighted by atomic mass is 10.1. The van der Waals surface area contributed by atoms with E-state index < -0.39 is 0 Å². The SMILES string of the molecule is COc1cccc(NC(=O)CSc2nnc(-c3cccc(Cl)c3)n2-c2cc(C)ccc2C)c1. The molecule has 0 aliphatic heterocycles. The maximum absolute atomic E-state index is 12.6. The van der Waals surface area contributed by atoms with Gasteiger partial charge in [0.15, 0.2) is 11.0 Å². The minimum Gasteiger partial charge on any atom is -0.497 e. The van der Waals surface area contributed by atoms with E-state index in [-0.39, 0.29) is 11.7 Å².